The largest absolute Gasteiger partial charge is 0.481 e. The number of carboxylic acid groups (broad SMARTS) is 1. The molecule has 4 nitrogen and oxygen atoms in total. The van der Waals surface area contributed by atoms with Gasteiger partial charge in [-0.2, -0.15) is 11.3 Å². The van der Waals surface area contributed by atoms with Crippen molar-refractivity contribution in [1.82, 2.24) is 4.90 Å². The third-order valence-electron chi connectivity index (χ3n) is 2.51. The molecule has 0 radical (unpaired) electrons. The fraction of sp³-hybridized carbons (Fsp3) is 0.455. The first-order chi connectivity index (χ1) is 8.06. The minimum atomic E-state index is -0.810. The molecule has 0 spiro atoms. The molecule has 17 heavy (non-hydrogen) atoms. The van der Waals surface area contributed by atoms with E-state index in [1.54, 1.807) is 11.3 Å². The molecule has 0 aliphatic heterocycles. The standard InChI is InChI=1S/C11H16N2O2S2/c1-2-13(5-3-9(14)15)10(11(12)16)8-4-6-17-7-8/h4,6-7,10H,2-3,5H2,1H3,(H2,12,16)(H,14,15). The highest BCUT2D eigenvalue weighted by molar-refractivity contribution is 7.80. The molecule has 1 aromatic rings. The first kappa shape index (κ1) is 14.1. The molecule has 1 rings (SSSR count). The first-order valence-corrected chi connectivity index (χ1v) is 6.68. The van der Waals surface area contributed by atoms with Gasteiger partial charge in [0.25, 0.3) is 0 Å². The summed E-state index contributed by atoms with van der Waals surface area (Å²) in [6.45, 7) is 3.13. The summed E-state index contributed by atoms with van der Waals surface area (Å²) in [5.41, 5.74) is 6.79. The van der Waals surface area contributed by atoms with E-state index in [9.17, 15) is 4.79 Å². The SMILES string of the molecule is CCN(CCC(=O)O)C(C(N)=S)c1ccsc1. The Bertz CT molecular complexity index is 379. The molecule has 94 valence electrons. The normalized spacial score (nSPS) is 12.6. The first-order valence-electron chi connectivity index (χ1n) is 5.33. The van der Waals surface area contributed by atoms with Crippen LogP contribution in [0.1, 0.15) is 24.9 Å². The molecule has 0 aromatic carbocycles. The van der Waals surface area contributed by atoms with Crippen molar-refractivity contribution in [2.45, 2.75) is 19.4 Å². The lowest BCUT2D eigenvalue weighted by Crippen LogP contribution is -2.37. The van der Waals surface area contributed by atoms with E-state index in [4.69, 9.17) is 23.1 Å². The fourth-order valence-corrected chi connectivity index (χ4v) is 2.66. The predicted molar refractivity (Wildman–Crippen MR) is 73.3 cm³/mol. The van der Waals surface area contributed by atoms with Crippen LogP contribution in [0.3, 0.4) is 0 Å². The highest BCUT2D eigenvalue weighted by Gasteiger charge is 2.22. The zero-order valence-electron chi connectivity index (χ0n) is 9.63. The maximum Gasteiger partial charge on any atom is 0.304 e. The van der Waals surface area contributed by atoms with E-state index in [2.05, 4.69) is 0 Å². The van der Waals surface area contributed by atoms with Gasteiger partial charge in [-0.05, 0) is 28.9 Å². The lowest BCUT2D eigenvalue weighted by atomic mass is 10.1. The number of nitrogens with two attached hydrogens (primary N) is 1. The van der Waals surface area contributed by atoms with Crippen molar-refractivity contribution in [3.8, 4) is 0 Å². The predicted octanol–water partition coefficient (Wildman–Crippen LogP) is 1.87. The molecule has 1 atom stereocenters. The van der Waals surface area contributed by atoms with E-state index < -0.39 is 5.97 Å². The Hall–Kier alpha value is -0.980. The average molecular weight is 272 g/mol. The van der Waals surface area contributed by atoms with Gasteiger partial charge in [0.15, 0.2) is 0 Å². The van der Waals surface area contributed by atoms with E-state index in [0.717, 1.165) is 5.56 Å². The summed E-state index contributed by atoms with van der Waals surface area (Å²) in [7, 11) is 0. The van der Waals surface area contributed by atoms with Crippen LogP contribution in [-0.4, -0.2) is 34.1 Å². The van der Waals surface area contributed by atoms with Gasteiger partial charge in [-0.25, -0.2) is 0 Å². The van der Waals surface area contributed by atoms with Crippen molar-refractivity contribution in [2.24, 2.45) is 5.73 Å². The number of carbonyl (C=O) groups is 1. The van der Waals surface area contributed by atoms with Crippen LogP contribution < -0.4 is 5.73 Å². The lowest BCUT2D eigenvalue weighted by molar-refractivity contribution is -0.137. The topological polar surface area (TPSA) is 66.6 Å². The van der Waals surface area contributed by atoms with Crippen molar-refractivity contribution < 1.29 is 9.90 Å². The van der Waals surface area contributed by atoms with E-state index in [0.29, 0.717) is 18.1 Å². The number of thiophene rings is 1. The number of aliphatic carboxylic acids is 1. The van der Waals surface area contributed by atoms with Crippen LogP contribution in [0.25, 0.3) is 0 Å². The Kier molecular flexibility index (Phi) is 5.54. The van der Waals surface area contributed by atoms with Crippen LogP contribution in [0.4, 0.5) is 0 Å². The van der Waals surface area contributed by atoms with E-state index in [1.807, 2.05) is 28.7 Å². The number of likely N-dealkylation sites (N-methyl/N-ethyl adjacent to an activating group) is 1. The van der Waals surface area contributed by atoms with Crippen molar-refractivity contribution in [3.05, 3.63) is 22.4 Å². The summed E-state index contributed by atoms with van der Waals surface area (Å²) in [4.78, 5) is 13.0. The molecule has 3 N–H and O–H groups in total. The Morgan fingerprint density at radius 1 is 1.71 bits per heavy atom. The van der Waals surface area contributed by atoms with Crippen LogP contribution in [0.5, 0.6) is 0 Å². The van der Waals surface area contributed by atoms with Gasteiger partial charge in [0.1, 0.15) is 0 Å². The van der Waals surface area contributed by atoms with Crippen LogP contribution in [-0.2, 0) is 4.79 Å². The Morgan fingerprint density at radius 3 is 2.82 bits per heavy atom. The zero-order chi connectivity index (χ0) is 12.8. The summed E-state index contributed by atoms with van der Waals surface area (Å²) in [6, 6.07) is 1.80. The smallest absolute Gasteiger partial charge is 0.304 e. The highest BCUT2D eigenvalue weighted by Crippen LogP contribution is 2.23. The minimum absolute atomic E-state index is 0.0943. The van der Waals surface area contributed by atoms with Crippen molar-refractivity contribution in [1.29, 1.82) is 0 Å². The van der Waals surface area contributed by atoms with E-state index in [1.165, 1.54) is 0 Å². The molecular formula is C11H16N2O2S2. The summed E-state index contributed by atoms with van der Waals surface area (Å²) < 4.78 is 0. The average Bonchev–Trinajstić information content (AvgIpc) is 2.76. The van der Waals surface area contributed by atoms with Gasteiger partial charge >= 0.3 is 5.97 Å². The van der Waals surface area contributed by atoms with Gasteiger partial charge in [0, 0.05) is 6.54 Å². The third-order valence-corrected chi connectivity index (χ3v) is 3.44. The summed E-state index contributed by atoms with van der Waals surface area (Å²) >= 11 is 6.66. The molecule has 6 heteroatoms. The zero-order valence-corrected chi connectivity index (χ0v) is 11.3. The molecule has 0 saturated carbocycles. The number of thiocarbonyl (C=S) groups is 1. The van der Waals surface area contributed by atoms with Gasteiger partial charge in [-0.15, -0.1) is 0 Å². The Labute approximate surface area is 110 Å². The van der Waals surface area contributed by atoms with Crippen LogP contribution in [0.15, 0.2) is 16.8 Å². The summed E-state index contributed by atoms with van der Waals surface area (Å²) in [6.07, 6.45) is 0.0943. The quantitative estimate of drug-likeness (QED) is 0.742. The monoisotopic (exact) mass is 272 g/mol. The third kappa shape index (κ3) is 4.07. The van der Waals surface area contributed by atoms with E-state index in [-0.39, 0.29) is 12.5 Å². The molecule has 0 fully saturated rings. The van der Waals surface area contributed by atoms with Crippen molar-refractivity contribution in [2.75, 3.05) is 13.1 Å². The van der Waals surface area contributed by atoms with Crippen LogP contribution >= 0.6 is 23.6 Å². The Morgan fingerprint density at radius 2 is 2.41 bits per heavy atom. The molecule has 1 heterocycles. The van der Waals surface area contributed by atoms with E-state index >= 15 is 0 Å². The molecule has 0 amide bonds. The molecule has 0 saturated heterocycles. The highest BCUT2D eigenvalue weighted by atomic mass is 32.1. The minimum Gasteiger partial charge on any atom is -0.481 e. The maximum atomic E-state index is 10.6. The number of nitrogens with zero attached hydrogens (tertiary/aromatic N) is 1. The van der Waals surface area contributed by atoms with Gasteiger partial charge in [0.05, 0.1) is 17.5 Å². The van der Waals surface area contributed by atoms with Crippen molar-refractivity contribution in [3.63, 3.8) is 0 Å². The van der Waals surface area contributed by atoms with Gasteiger partial charge in [-0.3, -0.25) is 9.69 Å². The maximum absolute atomic E-state index is 10.6. The van der Waals surface area contributed by atoms with Crippen LogP contribution in [0, 0.1) is 0 Å². The Balaban J connectivity index is 2.80. The molecular weight excluding hydrogens is 256 g/mol. The number of hydrogen-bond donors (Lipinski definition) is 2. The second kappa shape index (κ2) is 6.68. The summed E-state index contributed by atoms with van der Waals surface area (Å²) in [5, 5.41) is 12.7. The van der Waals surface area contributed by atoms with Gasteiger partial charge in [-0.1, -0.05) is 19.1 Å². The number of rotatable bonds is 7. The number of hydrogen-bond acceptors (Lipinski definition) is 4. The molecule has 0 bridgehead atoms. The second-order valence-corrected chi connectivity index (χ2v) is 4.89. The van der Waals surface area contributed by atoms with Crippen molar-refractivity contribution >= 4 is 34.5 Å². The molecule has 1 aromatic heterocycles. The second-order valence-electron chi connectivity index (χ2n) is 3.63. The van der Waals surface area contributed by atoms with Gasteiger partial charge < -0.3 is 10.8 Å². The van der Waals surface area contributed by atoms with Crippen LogP contribution in [0.2, 0.25) is 0 Å². The fourth-order valence-electron chi connectivity index (χ4n) is 1.69. The molecule has 1 unspecified atom stereocenters. The molecule has 0 aliphatic rings. The molecule has 0 aliphatic carbocycles. The van der Waals surface area contributed by atoms with Gasteiger partial charge in [0.2, 0.25) is 0 Å². The summed E-state index contributed by atoms with van der Waals surface area (Å²) in [5.74, 6) is -0.810. The lowest BCUT2D eigenvalue weighted by Gasteiger charge is -2.29. The number of carboxylic acids is 1.